The average molecular weight is 327 g/mol. The zero-order valence-electron chi connectivity index (χ0n) is 13.0. The molecule has 1 aromatic carbocycles. The second-order valence-corrected chi connectivity index (χ2v) is 6.12. The summed E-state index contributed by atoms with van der Waals surface area (Å²) in [6, 6.07) is 10.9. The van der Waals surface area contributed by atoms with Crippen molar-refractivity contribution in [3.8, 4) is 0 Å². The van der Waals surface area contributed by atoms with Crippen LogP contribution < -0.4 is 5.56 Å². The van der Waals surface area contributed by atoms with Crippen LogP contribution in [0.5, 0.6) is 0 Å². The summed E-state index contributed by atoms with van der Waals surface area (Å²) < 4.78 is 3.41. The van der Waals surface area contributed by atoms with Crippen molar-refractivity contribution in [2.75, 3.05) is 5.75 Å². The number of hydrogen-bond donors (Lipinski definition) is 0. The molecule has 0 atom stereocenters. The van der Waals surface area contributed by atoms with Gasteiger partial charge in [0.2, 0.25) is 0 Å². The fraction of sp³-hybridized carbons (Fsp3) is 0.235. The third-order valence-electron chi connectivity index (χ3n) is 3.70. The Kier molecular flexibility index (Phi) is 4.34. The molecule has 2 heterocycles. The molecule has 0 N–H and O–H groups in total. The van der Waals surface area contributed by atoms with Crippen LogP contribution in [0.15, 0.2) is 52.5 Å². The molecule has 0 bridgehead atoms. The second kappa shape index (κ2) is 6.42. The highest BCUT2D eigenvalue weighted by molar-refractivity contribution is 7.99. The highest BCUT2D eigenvalue weighted by Gasteiger charge is 2.14. The van der Waals surface area contributed by atoms with Crippen molar-refractivity contribution in [3.63, 3.8) is 0 Å². The van der Waals surface area contributed by atoms with E-state index in [1.165, 1.54) is 11.8 Å². The molecule has 0 saturated heterocycles. The molecule has 0 aliphatic heterocycles. The Morgan fingerprint density at radius 2 is 2.00 bits per heavy atom. The molecule has 3 rings (SSSR count). The van der Waals surface area contributed by atoms with Crippen LogP contribution in [-0.2, 0) is 13.6 Å². The first-order valence-corrected chi connectivity index (χ1v) is 8.37. The molecule has 2 aromatic heterocycles. The lowest BCUT2D eigenvalue weighted by Gasteiger charge is -2.11. The van der Waals surface area contributed by atoms with Crippen molar-refractivity contribution in [3.05, 3.63) is 58.6 Å². The molecule has 23 heavy (non-hydrogen) atoms. The minimum atomic E-state index is -0.0630. The Morgan fingerprint density at radius 3 is 2.70 bits per heavy atom. The quantitative estimate of drug-likeness (QED) is 0.411. The first-order chi connectivity index (χ1) is 11.1. The molecule has 0 aliphatic rings. The number of carbonyl (C=O) groups excluding carboxylic acids is 1. The van der Waals surface area contributed by atoms with Crippen molar-refractivity contribution in [1.82, 2.24) is 14.1 Å². The molecule has 0 saturated carbocycles. The van der Waals surface area contributed by atoms with Gasteiger partial charge in [-0.05, 0) is 31.2 Å². The lowest BCUT2D eigenvalue weighted by atomic mass is 10.2. The Morgan fingerprint density at radius 1 is 1.22 bits per heavy atom. The maximum absolute atomic E-state index is 12.5. The van der Waals surface area contributed by atoms with Crippen molar-refractivity contribution in [1.29, 1.82) is 0 Å². The van der Waals surface area contributed by atoms with E-state index >= 15 is 0 Å². The lowest BCUT2D eigenvalue weighted by Crippen LogP contribution is -2.23. The van der Waals surface area contributed by atoms with Gasteiger partial charge >= 0.3 is 0 Å². The van der Waals surface area contributed by atoms with Crippen molar-refractivity contribution < 1.29 is 4.79 Å². The number of fused-ring (bicyclic) bond motifs is 1. The monoisotopic (exact) mass is 327 g/mol. The zero-order valence-corrected chi connectivity index (χ0v) is 13.8. The number of aromatic nitrogens is 3. The predicted octanol–water partition coefficient (Wildman–Crippen LogP) is 2.73. The number of carbonyl (C=O) groups is 1. The van der Waals surface area contributed by atoms with Crippen LogP contribution >= 0.6 is 11.8 Å². The molecule has 6 heteroatoms. The molecular weight excluding hydrogens is 310 g/mol. The highest BCUT2D eigenvalue weighted by Crippen LogP contribution is 2.19. The van der Waals surface area contributed by atoms with E-state index in [-0.39, 0.29) is 17.1 Å². The van der Waals surface area contributed by atoms with Gasteiger partial charge in [-0.25, -0.2) is 4.98 Å². The Hall–Kier alpha value is -2.34. The van der Waals surface area contributed by atoms with Gasteiger partial charge in [0, 0.05) is 19.8 Å². The second-order valence-electron chi connectivity index (χ2n) is 5.18. The predicted molar refractivity (Wildman–Crippen MR) is 92.1 cm³/mol. The van der Waals surface area contributed by atoms with E-state index in [9.17, 15) is 9.59 Å². The Balaban J connectivity index is 1.92. The lowest BCUT2D eigenvalue weighted by molar-refractivity contribution is 0.101. The fourth-order valence-electron chi connectivity index (χ4n) is 2.49. The van der Waals surface area contributed by atoms with Gasteiger partial charge in [-0.1, -0.05) is 23.9 Å². The number of rotatable bonds is 5. The molecule has 0 aliphatic carbocycles. The van der Waals surface area contributed by atoms with Crippen LogP contribution in [0.2, 0.25) is 0 Å². The Labute approximate surface area is 138 Å². The number of benzene rings is 1. The van der Waals surface area contributed by atoms with E-state index in [0.29, 0.717) is 28.3 Å². The zero-order chi connectivity index (χ0) is 16.4. The number of hydrogen-bond acceptors (Lipinski definition) is 4. The van der Waals surface area contributed by atoms with Gasteiger partial charge in [0.15, 0.2) is 10.9 Å². The minimum absolute atomic E-state index is 0.0209. The summed E-state index contributed by atoms with van der Waals surface area (Å²) in [5, 5.41) is 1.19. The topological polar surface area (TPSA) is 56.9 Å². The molecule has 0 amide bonds. The van der Waals surface area contributed by atoms with Gasteiger partial charge < -0.3 is 4.57 Å². The first-order valence-electron chi connectivity index (χ1n) is 7.38. The molecule has 5 nitrogen and oxygen atoms in total. The average Bonchev–Trinajstić information content (AvgIpc) is 2.99. The normalized spacial score (nSPS) is 11.0. The van der Waals surface area contributed by atoms with Gasteiger partial charge in [0.25, 0.3) is 5.56 Å². The summed E-state index contributed by atoms with van der Waals surface area (Å²) in [6.07, 6.45) is 1.84. The summed E-state index contributed by atoms with van der Waals surface area (Å²) in [7, 11) is 1.84. The van der Waals surface area contributed by atoms with E-state index in [2.05, 4.69) is 4.98 Å². The van der Waals surface area contributed by atoms with Crippen molar-refractivity contribution in [2.45, 2.75) is 18.6 Å². The van der Waals surface area contributed by atoms with E-state index < -0.39 is 0 Å². The largest absolute Gasteiger partial charge is 0.348 e. The summed E-state index contributed by atoms with van der Waals surface area (Å²) in [5.74, 6) is 0.274. The molecule has 3 aromatic rings. The van der Waals surface area contributed by atoms with Crippen molar-refractivity contribution in [2.24, 2.45) is 7.05 Å². The number of Topliss-reactive ketones (excluding diaryl/α,β-unsaturated/α-hetero) is 1. The van der Waals surface area contributed by atoms with Gasteiger partial charge in [-0.2, -0.15) is 0 Å². The van der Waals surface area contributed by atoms with Crippen LogP contribution in [-0.4, -0.2) is 25.7 Å². The number of para-hydroxylation sites is 1. The van der Waals surface area contributed by atoms with E-state index in [0.717, 1.165) is 0 Å². The molecule has 0 radical (unpaired) electrons. The smallest absolute Gasteiger partial charge is 0.262 e. The molecular formula is C17H17N3O2S. The molecule has 0 unspecified atom stereocenters. The van der Waals surface area contributed by atoms with E-state index in [1.807, 2.05) is 44.4 Å². The third kappa shape index (κ3) is 2.94. The van der Waals surface area contributed by atoms with Crippen LogP contribution in [0.1, 0.15) is 17.4 Å². The van der Waals surface area contributed by atoms with E-state index in [1.54, 1.807) is 21.3 Å². The molecule has 0 spiro atoms. The molecule has 118 valence electrons. The van der Waals surface area contributed by atoms with Crippen LogP contribution in [0.25, 0.3) is 10.9 Å². The maximum Gasteiger partial charge on any atom is 0.262 e. The standard InChI is InChI=1S/C17H17N3O2S/c1-3-20-16(22)12-7-4-5-8-13(12)18-17(20)23-11-15(21)14-9-6-10-19(14)2/h4-10H,3,11H2,1-2H3. The summed E-state index contributed by atoms with van der Waals surface area (Å²) >= 11 is 1.30. The van der Waals surface area contributed by atoms with Crippen LogP contribution in [0.3, 0.4) is 0 Å². The van der Waals surface area contributed by atoms with Crippen LogP contribution in [0.4, 0.5) is 0 Å². The maximum atomic E-state index is 12.5. The van der Waals surface area contributed by atoms with Crippen LogP contribution in [0, 0.1) is 0 Å². The summed E-state index contributed by atoms with van der Waals surface area (Å²) in [4.78, 5) is 29.4. The van der Waals surface area contributed by atoms with Gasteiger partial charge in [0.05, 0.1) is 22.3 Å². The number of thioether (sulfide) groups is 1. The molecule has 0 fully saturated rings. The summed E-state index contributed by atoms with van der Waals surface area (Å²) in [6.45, 7) is 2.43. The van der Waals surface area contributed by atoms with Gasteiger partial charge in [0.1, 0.15) is 0 Å². The number of nitrogens with zero attached hydrogens (tertiary/aromatic N) is 3. The first kappa shape index (κ1) is 15.6. The minimum Gasteiger partial charge on any atom is -0.348 e. The Bertz CT molecular complexity index is 927. The number of aryl methyl sites for hydroxylation is 1. The SMILES string of the molecule is CCn1c(SCC(=O)c2cccn2C)nc2ccccc2c1=O. The van der Waals surface area contributed by atoms with E-state index in [4.69, 9.17) is 0 Å². The van der Waals surface area contributed by atoms with Gasteiger partial charge in [-0.15, -0.1) is 0 Å². The van der Waals surface area contributed by atoms with Crippen molar-refractivity contribution >= 4 is 28.4 Å². The van der Waals surface area contributed by atoms with Gasteiger partial charge in [-0.3, -0.25) is 14.2 Å². The highest BCUT2D eigenvalue weighted by atomic mass is 32.2. The summed E-state index contributed by atoms with van der Waals surface area (Å²) in [5.41, 5.74) is 1.26. The number of ketones is 1. The fourth-order valence-corrected chi connectivity index (χ4v) is 3.43. The third-order valence-corrected chi connectivity index (χ3v) is 4.68.